The van der Waals surface area contributed by atoms with Crippen molar-refractivity contribution in [1.29, 1.82) is 0 Å². The number of allylic oxidation sites excluding steroid dienone is 4. The Hall–Kier alpha value is -3.25. The predicted octanol–water partition coefficient (Wildman–Crippen LogP) is 3.97. The van der Waals surface area contributed by atoms with Gasteiger partial charge in [0.15, 0.2) is 6.23 Å². The van der Waals surface area contributed by atoms with E-state index in [1.165, 1.54) is 23.3 Å². The summed E-state index contributed by atoms with van der Waals surface area (Å²) in [4.78, 5) is 4.64. The van der Waals surface area contributed by atoms with Gasteiger partial charge in [0.1, 0.15) is 28.6 Å². The third kappa shape index (κ3) is 3.65. The Labute approximate surface area is 187 Å². The number of nitrogens with zero attached hydrogens (tertiary/aromatic N) is 1. The molecule has 0 fully saturated rings. The van der Waals surface area contributed by atoms with E-state index in [2.05, 4.69) is 58.9 Å². The van der Waals surface area contributed by atoms with Gasteiger partial charge in [0.25, 0.3) is 0 Å². The summed E-state index contributed by atoms with van der Waals surface area (Å²) in [6, 6.07) is 11.1. The van der Waals surface area contributed by atoms with Gasteiger partial charge in [0.05, 0.1) is 0 Å². The molecule has 3 aliphatic rings. The first kappa shape index (κ1) is 20.6. The molecule has 5 unspecified atom stereocenters. The van der Waals surface area contributed by atoms with Gasteiger partial charge in [-0.1, -0.05) is 48.6 Å². The van der Waals surface area contributed by atoms with Crippen molar-refractivity contribution in [1.82, 2.24) is 5.32 Å². The fraction of sp³-hybridized carbons (Fsp3) is 0.346. The van der Waals surface area contributed by atoms with Crippen molar-refractivity contribution in [2.75, 3.05) is 6.61 Å². The molecule has 4 N–H and O–H groups in total. The summed E-state index contributed by atoms with van der Waals surface area (Å²) in [6.45, 7) is 2.45. The second kappa shape index (κ2) is 8.36. The molecule has 0 spiro atoms. The minimum absolute atomic E-state index is 0.0312. The molecule has 0 bridgehead atoms. The van der Waals surface area contributed by atoms with Gasteiger partial charge in [-0.15, -0.1) is 0 Å². The number of hydrogen-bond donors (Lipinski definition) is 4. The number of phenolic OH excluding ortho intramolecular Hbond substituents is 3. The second-order valence-electron chi connectivity index (χ2n) is 8.67. The van der Waals surface area contributed by atoms with Gasteiger partial charge in [0, 0.05) is 37.1 Å². The van der Waals surface area contributed by atoms with Crippen LogP contribution in [0.15, 0.2) is 65.7 Å². The van der Waals surface area contributed by atoms with E-state index in [0.29, 0.717) is 30.7 Å². The van der Waals surface area contributed by atoms with Crippen LogP contribution in [-0.2, 0) is 11.2 Å². The van der Waals surface area contributed by atoms with Crippen molar-refractivity contribution in [2.45, 2.75) is 38.0 Å². The van der Waals surface area contributed by atoms with E-state index in [9.17, 15) is 15.3 Å². The Balaban J connectivity index is 1.52. The summed E-state index contributed by atoms with van der Waals surface area (Å²) in [5, 5.41) is 34.1. The quantitative estimate of drug-likeness (QED) is 0.587. The molecule has 166 valence electrons. The molecule has 0 saturated heterocycles. The Morgan fingerprint density at radius 3 is 2.59 bits per heavy atom. The number of hydrogen-bond acceptors (Lipinski definition) is 6. The van der Waals surface area contributed by atoms with Crippen molar-refractivity contribution in [3.8, 4) is 17.2 Å². The van der Waals surface area contributed by atoms with E-state index in [4.69, 9.17) is 4.74 Å². The zero-order valence-corrected chi connectivity index (χ0v) is 18.0. The minimum Gasteiger partial charge on any atom is -0.508 e. The van der Waals surface area contributed by atoms with Crippen LogP contribution in [0.4, 0.5) is 0 Å². The van der Waals surface area contributed by atoms with E-state index in [-0.39, 0.29) is 41.0 Å². The predicted molar refractivity (Wildman–Crippen MR) is 123 cm³/mol. The van der Waals surface area contributed by atoms with E-state index >= 15 is 0 Å². The van der Waals surface area contributed by atoms with Crippen LogP contribution in [0.1, 0.15) is 36.0 Å². The Bertz CT molecular complexity index is 1080. The monoisotopic (exact) mass is 432 g/mol. The van der Waals surface area contributed by atoms with E-state index in [1.807, 2.05) is 6.92 Å². The van der Waals surface area contributed by atoms with Crippen LogP contribution in [0.25, 0.3) is 0 Å². The molecule has 2 aliphatic carbocycles. The summed E-state index contributed by atoms with van der Waals surface area (Å²) in [7, 11) is 0. The summed E-state index contributed by atoms with van der Waals surface area (Å²) >= 11 is 0. The van der Waals surface area contributed by atoms with Crippen molar-refractivity contribution in [3.63, 3.8) is 0 Å². The standard InChI is InChI=1S/C26H28N2O4/c1-2-32-24-14-21(27-26(28-24)25-22(30)12-16(29)13-23(25)31)20-11-15-7-3-4-8-17(15)18-9-5-6-10-19(18)20/h3-10,12-13,18-21,24,29-31H,2,11,14H2,1H3,(H,27,28). The SMILES string of the molecule is CCOC1CC(C2Cc3ccccc3C3C=CC=CC32)NC(c2c(O)cc(O)cc2O)=N1. The Morgan fingerprint density at radius 2 is 1.81 bits per heavy atom. The smallest absolute Gasteiger partial charge is 0.152 e. The summed E-state index contributed by atoms with van der Waals surface area (Å²) in [5.74, 6) is 0.667. The van der Waals surface area contributed by atoms with E-state index in [1.54, 1.807) is 0 Å². The highest BCUT2D eigenvalue weighted by Crippen LogP contribution is 2.45. The molecule has 6 heteroatoms. The Kier molecular flexibility index (Phi) is 5.39. The molecular weight excluding hydrogens is 404 g/mol. The maximum absolute atomic E-state index is 10.5. The number of rotatable bonds is 4. The molecule has 0 saturated carbocycles. The molecule has 5 rings (SSSR count). The number of ether oxygens (including phenoxy) is 1. The third-order valence-corrected chi connectivity index (χ3v) is 6.79. The van der Waals surface area contributed by atoms with Crippen LogP contribution in [0.3, 0.4) is 0 Å². The van der Waals surface area contributed by atoms with Crippen LogP contribution in [0, 0.1) is 11.8 Å². The van der Waals surface area contributed by atoms with E-state index < -0.39 is 0 Å². The van der Waals surface area contributed by atoms with Gasteiger partial charge in [-0.3, -0.25) is 0 Å². The zero-order valence-electron chi connectivity index (χ0n) is 18.0. The average molecular weight is 433 g/mol. The highest BCUT2D eigenvalue weighted by atomic mass is 16.5. The second-order valence-corrected chi connectivity index (χ2v) is 8.67. The topological polar surface area (TPSA) is 94.3 Å². The fourth-order valence-electron chi connectivity index (χ4n) is 5.43. The summed E-state index contributed by atoms with van der Waals surface area (Å²) < 4.78 is 5.89. The van der Waals surface area contributed by atoms with Crippen molar-refractivity contribution < 1.29 is 20.1 Å². The molecule has 2 aromatic carbocycles. The number of amidine groups is 1. The summed E-state index contributed by atoms with van der Waals surface area (Å²) in [5.41, 5.74) is 2.92. The molecular formula is C26H28N2O4. The molecule has 0 amide bonds. The first-order valence-corrected chi connectivity index (χ1v) is 11.2. The average Bonchev–Trinajstić information content (AvgIpc) is 2.78. The lowest BCUT2D eigenvalue weighted by Crippen LogP contribution is -2.51. The normalized spacial score (nSPS) is 28.4. The number of aliphatic imine (C=N–C) groups is 1. The van der Waals surface area contributed by atoms with Gasteiger partial charge in [-0.2, -0.15) is 0 Å². The Morgan fingerprint density at radius 1 is 1.06 bits per heavy atom. The van der Waals surface area contributed by atoms with Crippen molar-refractivity contribution in [3.05, 3.63) is 77.4 Å². The molecule has 0 radical (unpaired) electrons. The lowest BCUT2D eigenvalue weighted by Gasteiger charge is -2.44. The highest BCUT2D eigenvalue weighted by Gasteiger charge is 2.41. The largest absolute Gasteiger partial charge is 0.508 e. The first-order chi connectivity index (χ1) is 15.5. The molecule has 1 aliphatic heterocycles. The van der Waals surface area contributed by atoms with Crippen LogP contribution in [0.5, 0.6) is 17.2 Å². The van der Waals surface area contributed by atoms with Crippen LogP contribution in [-0.4, -0.2) is 40.0 Å². The van der Waals surface area contributed by atoms with Crippen LogP contribution in [0.2, 0.25) is 0 Å². The fourth-order valence-corrected chi connectivity index (χ4v) is 5.43. The zero-order chi connectivity index (χ0) is 22.2. The molecule has 6 nitrogen and oxygen atoms in total. The number of benzene rings is 2. The molecule has 0 aromatic heterocycles. The van der Waals surface area contributed by atoms with Crippen molar-refractivity contribution in [2.24, 2.45) is 16.8 Å². The van der Waals surface area contributed by atoms with Crippen LogP contribution >= 0.6 is 0 Å². The van der Waals surface area contributed by atoms with Crippen LogP contribution < -0.4 is 5.32 Å². The number of aromatic hydroxyl groups is 3. The minimum atomic E-state index is -0.382. The van der Waals surface area contributed by atoms with Crippen molar-refractivity contribution >= 4 is 5.84 Å². The van der Waals surface area contributed by atoms with E-state index in [0.717, 1.165) is 6.42 Å². The molecule has 1 heterocycles. The highest BCUT2D eigenvalue weighted by molar-refractivity contribution is 6.04. The summed E-state index contributed by atoms with van der Waals surface area (Å²) in [6.07, 6.45) is 10.1. The lowest BCUT2D eigenvalue weighted by atomic mass is 9.64. The first-order valence-electron chi connectivity index (χ1n) is 11.2. The number of nitrogens with one attached hydrogen (secondary N) is 1. The molecule has 5 atom stereocenters. The van der Waals surface area contributed by atoms with Gasteiger partial charge in [-0.25, -0.2) is 4.99 Å². The number of phenols is 3. The maximum atomic E-state index is 10.5. The van der Waals surface area contributed by atoms with Gasteiger partial charge >= 0.3 is 0 Å². The number of fused-ring (bicyclic) bond motifs is 3. The van der Waals surface area contributed by atoms with Gasteiger partial charge in [-0.05, 0) is 36.3 Å². The lowest BCUT2D eigenvalue weighted by molar-refractivity contribution is 0.0423. The molecule has 32 heavy (non-hydrogen) atoms. The maximum Gasteiger partial charge on any atom is 0.152 e. The molecule has 2 aromatic rings. The van der Waals surface area contributed by atoms with Gasteiger partial charge < -0.3 is 25.4 Å². The van der Waals surface area contributed by atoms with Gasteiger partial charge in [0.2, 0.25) is 0 Å². The third-order valence-electron chi connectivity index (χ3n) is 6.79.